The van der Waals surface area contributed by atoms with Crippen molar-refractivity contribution >= 4 is 22.5 Å². The molecule has 1 heterocycles. The van der Waals surface area contributed by atoms with Crippen LogP contribution < -0.4 is 10.1 Å². The Kier molecular flexibility index (Phi) is 5.57. The zero-order chi connectivity index (χ0) is 21.1. The summed E-state index contributed by atoms with van der Waals surface area (Å²) in [5, 5.41) is 4.18. The number of nitrogens with one attached hydrogen (secondary N) is 1. The van der Waals surface area contributed by atoms with E-state index >= 15 is 0 Å². The van der Waals surface area contributed by atoms with Crippen LogP contribution in [0.25, 0.3) is 10.9 Å². The van der Waals surface area contributed by atoms with Crippen molar-refractivity contribution in [2.24, 2.45) is 7.05 Å². The lowest BCUT2D eigenvalue weighted by Crippen LogP contribution is -2.15. The van der Waals surface area contributed by atoms with Crippen LogP contribution in [0.3, 0.4) is 0 Å². The van der Waals surface area contributed by atoms with Crippen LogP contribution in [0.1, 0.15) is 41.3 Å². The zero-order valence-corrected chi connectivity index (χ0v) is 17.6. The van der Waals surface area contributed by atoms with E-state index in [0.717, 1.165) is 27.7 Å². The summed E-state index contributed by atoms with van der Waals surface area (Å²) >= 11 is 0. The van der Waals surface area contributed by atoms with Crippen LogP contribution in [0.2, 0.25) is 0 Å². The first-order valence-electron chi connectivity index (χ1n) is 10.2. The monoisotopic (exact) mass is 398 g/mol. The molecule has 1 amide bonds. The molecule has 0 spiro atoms. The molecule has 4 heteroatoms. The summed E-state index contributed by atoms with van der Waals surface area (Å²) in [5.41, 5.74) is 4.49. The summed E-state index contributed by atoms with van der Waals surface area (Å²) in [6.45, 7) is 4.65. The zero-order valence-electron chi connectivity index (χ0n) is 17.6. The summed E-state index contributed by atoms with van der Waals surface area (Å²) in [6, 6.07) is 23.8. The summed E-state index contributed by atoms with van der Waals surface area (Å²) in [5.74, 6) is 0.727. The van der Waals surface area contributed by atoms with Gasteiger partial charge in [-0.3, -0.25) is 4.79 Å². The smallest absolute Gasteiger partial charge is 0.259 e. The summed E-state index contributed by atoms with van der Waals surface area (Å²) in [4.78, 5) is 13.3. The molecule has 0 fully saturated rings. The Bertz CT molecular complexity index is 1180. The number of amides is 1. The molecule has 3 aromatic carbocycles. The van der Waals surface area contributed by atoms with E-state index in [4.69, 9.17) is 4.74 Å². The molecule has 0 saturated carbocycles. The topological polar surface area (TPSA) is 43.3 Å². The normalized spacial score (nSPS) is 11.1. The molecule has 4 aromatic rings. The summed E-state index contributed by atoms with van der Waals surface area (Å²) in [6.07, 6.45) is 1.99. The second kappa shape index (κ2) is 8.46. The van der Waals surface area contributed by atoms with E-state index in [1.807, 2.05) is 90.6 Å². The average Bonchev–Trinajstić information content (AvgIpc) is 3.14. The Morgan fingerprint density at radius 2 is 1.80 bits per heavy atom. The second-order valence-electron chi connectivity index (χ2n) is 7.81. The third-order valence-electron chi connectivity index (χ3n) is 5.30. The van der Waals surface area contributed by atoms with E-state index in [2.05, 4.69) is 19.2 Å². The van der Waals surface area contributed by atoms with Crippen molar-refractivity contribution in [3.05, 3.63) is 95.7 Å². The first-order valence-corrected chi connectivity index (χ1v) is 10.2. The maximum atomic E-state index is 13.3. The predicted molar refractivity (Wildman–Crippen MR) is 122 cm³/mol. The van der Waals surface area contributed by atoms with Crippen LogP contribution in [-0.4, -0.2) is 10.5 Å². The SMILES string of the molecule is CC(C)c1ccc(OCc2ccccc2)c(C(=O)Nc2cccc3ccn(C)c23)c1. The van der Waals surface area contributed by atoms with E-state index in [-0.39, 0.29) is 5.91 Å². The lowest BCUT2D eigenvalue weighted by Gasteiger charge is -2.15. The Balaban J connectivity index is 1.65. The third-order valence-corrected chi connectivity index (χ3v) is 5.30. The minimum Gasteiger partial charge on any atom is -0.488 e. The Morgan fingerprint density at radius 1 is 1.00 bits per heavy atom. The van der Waals surface area contributed by atoms with Gasteiger partial charge in [-0.1, -0.05) is 62.4 Å². The van der Waals surface area contributed by atoms with Gasteiger partial charge in [0.25, 0.3) is 5.91 Å². The van der Waals surface area contributed by atoms with Crippen molar-refractivity contribution in [1.82, 2.24) is 4.57 Å². The highest BCUT2D eigenvalue weighted by Crippen LogP contribution is 2.28. The van der Waals surface area contributed by atoms with Crippen LogP contribution in [0, 0.1) is 0 Å². The third kappa shape index (κ3) is 4.08. The Morgan fingerprint density at radius 3 is 2.57 bits per heavy atom. The van der Waals surface area contributed by atoms with E-state index in [9.17, 15) is 4.79 Å². The minimum atomic E-state index is -0.172. The molecule has 0 unspecified atom stereocenters. The number of benzene rings is 3. The van der Waals surface area contributed by atoms with E-state index < -0.39 is 0 Å². The second-order valence-corrected chi connectivity index (χ2v) is 7.81. The number of hydrogen-bond acceptors (Lipinski definition) is 2. The van der Waals surface area contributed by atoms with Crippen molar-refractivity contribution in [2.45, 2.75) is 26.4 Å². The lowest BCUT2D eigenvalue weighted by molar-refractivity contribution is 0.102. The van der Waals surface area contributed by atoms with E-state index in [0.29, 0.717) is 23.8 Å². The number of rotatable bonds is 6. The Labute approximate surface area is 177 Å². The van der Waals surface area contributed by atoms with Crippen molar-refractivity contribution in [3.8, 4) is 5.75 Å². The van der Waals surface area contributed by atoms with Crippen molar-refractivity contribution in [2.75, 3.05) is 5.32 Å². The number of aromatic nitrogens is 1. The molecule has 0 radical (unpaired) electrons. The molecule has 152 valence electrons. The van der Waals surface area contributed by atoms with Crippen molar-refractivity contribution in [3.63, 3.8) is 0 Å². The fraction of sp³-hybridized carbons (Fsp3) is 0.192. The first-order chi connectivity index (χ1) is 14.5. The van der Waals surface area contributed by atoms with Crippen molar-refractivity contribution in [1.29, 1.82) is 0 Å². The van der Waals surface area contributed by atoms with Crippen LogP contribution in [0.15, 0.2) is 79.0 Å². The van der Waals surface area contributed by atoms with Crippen molar-refractivity contribution < 1.29 is 9.53 Å². The van der Waals surface area contributed by atoms with Gasteiger partial charge in [0.1, 0.15) is 12.4 Å². The molecular formula is C26H26N2O2. The molecule has 30 heavy (non-hydrogen) atoms. The van der Waals surface area contributed by atoms with Gasteiger partial charge in [-0.25, -0.2) is 0 Å². The molecule has 0 aliphatic carbocycles. The molecule has 1 N–H and O–H groups in total. The van der Waals surface area contributed by atoms with Crippen LogP contribution in [0.5, 0.6) is 5.75 Å². The molecular weight excluding hydrogens is 372 g/mol. The lowest BCUT2D eigenvalue weighted by atomic mass is 10.00. The average molecular weight is 399 g/mol. The standard InChI is InChI=1S/C26H26N2O2/c1-18(2)21-12-13-24(30-17-19-8-5-4-6-9-19)22(16-21)26(29)27-23-11-7-10-20-14-15-28(3)25(20)23/h4-16,18H,17H2,1-3H3,(H,27,29). The van der Waals surface area contributed by atoms with E-state index in [1.54, 1.807) is 0 Å². The molecule has 0 saturated heterocycles. The number of aryl methyl sites for hydroxylation is 1. The predicted octanol–water partition coefficient (Wildman–Crippen LogP) is 6.13. The number of ether oxygens (including phenoxy) is 1. The number of nitrogens with zero attached hydrogens (tertiary/aromatic N) is 1. The highest BCUT2D eigenvalue weighted by Gasteiger charge is 2.17. The highest BCUT2D eigenvalue weighted by molar-refractivity contribution is 6.10. The molecule has 0 bridgehead atoms. The van der Waals surface area contributed by atoms with Crippen LogP contribution in [-0.2, 0) is 13.7 Å². The number of para-hydroxylation sites is 1. The highest BCUT2D eigenvalue weighted by atomic mass is 16.5. The van der Waals surface area contributed by atoms with Gasteiger partial charge in [0.15, 0.2) is 0 Å². The van der Waals surface area contributed by atoms with Gasteiger partial charge in [0.2, 0.25) is 0 Å². The molecule has 0 atom stereocenters. The molecule has 1 aromatic heterocycles. The molecule has 4 rings (SSSR count). The number of anilines is 1. The number of fused-ring (bicyclic) bond motifs is 1. The summed E-state index contributed by atoms with van der Waals surface area (Å²) < 4.78 is 8.06. The maximum absolute atomic E-state index is 13.3. The largest absolute Gasteiger partial charge is 0.488 e. The van der Waals surface area contributed by atoms with Gasteiger partial charge in [0, 0.05) is 18.6 Å². The van der Waals surface area contributed by atoms with Crippen LogP contribution in [0.4, 0.5) is 5.69 Å². The molecule has 4 nitrogen and oxygen atoms in total. The van der Waals surface area contributed by atoms with E-state index in [1.165, 1.54) is 0 Å². The number of carbonyl (C=O) groups is 1. The number of carbonyl (C=O) groups excluding carboxylic acids is 1. The fourth-order valence-electron chi connectivity index (χ4n) is 3.59. The molecule has 0 aliphatic rings. The molecule has 0 aliphatic heterocycles. The number of hydrogen-bond donors (Lipinski definition) is 1. The van der Waals surface area contributed by atoms with Gasteiger partial charge in [-0.05, 0) is 41.3 Å². The van der Waals surface area contributed by atoms with Gasteiger partial charge in [-0.2, -0.15) is 0 Å². The summed E-state index contributed by atoms with van der Waals surface area (Å²) in [7, 11) is 1.98. The van der Waals surface area contributed by atoms with Gasteiger partial charge in [-0.15, -0.1) is 0 Å². The Hall–Kier alpha value is -3.53. The quantitative estimate of drug-likeness (QED) is 0.424. The fourth-order valence-corrected chi connectivity index (χ4v) is 3.59. The maximum Gasteiger partial charge on any atom is 0.259 e. The van der Waals surface area contributed by atoms with Gasteiger partial charge in [0.05, 0.1) is 16.8 Å². The van der Waals surface area contributed by atoms with Gasteiger partial charge < -0.3 is 14.6 Å². The first kappa shape index (κ1) is 19.8. The van der Waals surface area contributed by atoms with Gasteiger partial charge >= 0.3 is 0 Å². The van der Waals surface area contributed by atoms with Crippen LogP contribution >= 0.6 is 0 Å². The minimum absolute atomic E-state index is 0.172.